The summed E-state index contributed by atoms with van der Waals surface area (Å²) in [6, 6.07) is 7.56. The van der Waals surface area contributed by atoms with Gasteiger partial charge in [0.05, 0.1) is 11.3 Å². The van der Waals surface area contributed by atoms with E-state index in [2.05, 4.69) is 4.98 Å². The van der Waals surface area contributed by atoms with Crippen molar-refractivity contribution in [2.45, 2.75) is 19.0 Å². The van der Waals surface area contributed by atoms with E-state index >= 15 is 0 Å². The Morgan fingerprint density at radius 3 is 2.48 bits per heavy atom. The fourth-order valence-corrected chi connectivity index (χ4v) is 2.58. The van der Waals surface area contributed by atoms with Crippen molar-refractivity contribution >= 4 is 16.7 Å². The van der Waals surface area contributed by atoms with Gasteiger partial charge >= 0.3 is 6.18 Å². The topological polar surface area (TPSA) is 32.9 Å². The van der Waals surface area contributed by atoms with Crippen molar-refractivity contribution in [3.05, 3.63) is 70.9 Å². The average Bonchev–Trinajstić information content (AvgIpc) is 2.95. The molecule has 0 atom stereocenters. The molecule has 0 aliphatic heterocycles. The molecule has 0 aliphatic rings. The highest BCUT2D eigenvalue weighted by Gasteiger charge is 2.31. The van der Waals surface area contributed by atoms with Gasteiger partial charge in [-0.2, -0.15) is 13.2 Å². The number of aromatic amines is 1. The van der Waals surface area contributed by atoms with E-state index in [-0.39, 0.29) is 24.1 Å². The highest BCUT2D eigenvalue weighted by molar-refractivity contribution is 5.99. The minimum Gasteiger partial charge on any atom is -0.352 e. The molecule has 0 saturated heterocycles. The molecule has 2 aromatic carbocycles. The first kappa shape index (κ1) is 17.1. The number of rotatable bonds is 4. The van der Waals surface area contributed by atoms with Crippen LogP contribution in [-0.4, -0.2) is 10.8 Å². The number of nitrogens with one attached hydrogen (secondary N) is 1. The molecule has 0 amide bonds. The van der Waals surface area contributed by atoms with Crippen LogP contribution in [0.5, 0.6) is 0 Å². The van der Waals surface area contributed by atoms with Crippen molar-refractivity contribution in [3.63, 3.8) is 0 Å². The number of fused-ring (bicyclic) bond motifs is 1. The van der Waals surface area contributed by atoms with Crippen molar-refractivity contribution < 1.29 is 26.7 Å². The van der Waals surface area contributed by atoms with Gasteiger partial charge < -0.3 is 4.98 Å². The lowest BCUT2D eigenvalue weighted by molar-refractivity contribution is -0.137. The summed E-state index contributed by atoms with van der Waals surface area (Å²) in [5, 5.41) is 0.508. The van der Waals surface area contributed by atoms with Crippen molar-refractivity contribution in [1.29, 1.82) is 0 Å². The normalized spacial score (nSPS) is 11.9. The van der Waals surface area contributed by atoms with Crippen molar-refractivity contribution in [2.24, 2.45) is 0 Å². The third-order valence-corrected chi connectivity index (χ3v) is 3.88. The van der Waals surface area contributed by atoms with Gasteiger partial charge in [0.25, 0.3) is 0 Å². The summed E-state index contributed by atoms with van der Waals surface area (Å²) < 4.78 is 64.9. The fourth-order valence-electron chi connectivity index (χ4n) is 2.58. The third-order valence-electron chi connectivity index (χ3n) is 3.88. The number of aryl methyl sites for hydroxylation is 1. The molecule has 0 bridgehead atoms. The number of ketones is 1. The van der Waals surface area contributed by atoms with Gasteiger partial charge in [-0.15, -0.1) is 0 Å². The fraction of sp³-hybridized carbons (Fsp3) is 0.167. The average molecular weight is 353 g/mol. The number of halogens is 5. The number of Topliss-reactive ketones (excluding diaryl/α,β-unsaturated/α-hetero) is 1. The van der Waals surface area contributed by atoms with Crippen molar-refractivity contribution in [3.8, 4) is 0 Å². The molecule has 0 spiro atoms. The van der Waals surface area contributed by atoms with E-state index in [1.54, 1.807) is 0 Å². The van der Waals surface area contributed by atoms with Gasteiger partial charge in [-0.25, -0.2) is 8.78 Å². The van der Waals surface area contributed by atoms with E-state index in [0.29, 0.717) is 23.0 Å². The monoisotopic (exact) mass is 353 g/mol. The second-order valence-electron chi connectivity index (χ2n) is 5.64. The molecule has 0 fully saturated rings. The quantitative estimate of drug-likeness (QED) is 0.502. The molecule has 3 rings (SSSR count). The number of H-pyrrole nitrogens is 1. The lowest BCUT2D eigenvalue weighted by Gasteiger charge is -2.09. The van der Waals surface area contributed by atoms with Crippen LogP contribution in [0.15, 0.2) is 42.5 Å². The Balaban J connectivity index is 1.77. The Kier molecular flexibility index (Phi) is 4.32. The van der Waals surface area contributed by atoms with Crippen LogP contribution in [0.3, 0.4) is 0 Å². The van der Waals surface area contributed by atoms with Gasteiger partial charge in [0.1, 0.15) is 11.6 Å². The number of hydrogen-bond donors (Lipinski definition) is 1. The predicted octanol–water partition coefficient (Wildman–Crippen LogP) is 5.28. The number of hydrogen-bond acceptors (Lipinski definition) is 1. The van der Waals surface area contributed by atoms with E-state index in [0.717, 1.165) is 6.07 Å². The Labute approximate surface area is 139 Å². The number of benzene rings is 2. The standard InChI is InChI=1S/C18H12F5NO/c19-13-3-5-15-11(8-13)9-16(24-15)17(25)6-1-10-7-12(18(21,22)23)2-4-14(10)20/h2-5,7-9,24H,1,6H2. The molecule has 130 valence electrons. The Bertz CT molecular complexity index is 942. The smallest absolute Gasteiger partial charge is 0.352 e. The zero-order chi connectivity index (χ0) is 18.2. The second-order valence-corrected chi connectivity index (χ2v) is 5.64. The van der Waals surface area contributed by atoms with Crippen LogP contribution in [0.2, 0.25) is 0 Å². The van der Waals surface area contributed by atoms with Gasteiger partial charge in [-0.05, 0) is 54.4 Å². The van der Waals surface area contributed by atoms with E-state index < -0.39 is 29.2 Å². The minimum atomic E-state index is -4.58. The first-order valence-electron chi connectivity index (χ1n) is 7.41. The molecule has 0 saturated carbocycles. The Morgan fingerprint density at radius 1 is 1.00 bits per heavy atom. The first-order valence-corrected chi connectivity index (χ1v) is 7.41. The molecule has 25 heavy (non-hydrogen) atoms. The molecule has 0 aliphatic carbocycles. The summed E-state index contributed by atoms with van der Waals surface area (Å²) in [4.78, 5) is 15.0. The lowest BCUT2D eigenvalue weighted by Crippen LogP contribution is -2.08. The number of aromatic nitrogens is 1. The summed E-state index contributed by atoms with van der Waals surface area (Å²) in [7, 11) is 0. The summed E-state index contributed by atoms with van der Waals surface area (Å²) >= 11 is 0. The molecule has 1 heterocycles. The van der Waals surface area contributed by atoms with Gasteiger partial charge in [-0.1, -0.05) is 0 Å². The highest BCUT2D eigenvalue weighted by atomic mass is 19.4. The number of alkyl halides is 3. The van der Waals surface area contributed by atoms with Gasteiger partial charge in [0, 0.05) is 17.3 Å². The van der Waals surface area contributed by atoms with Crippen molar-refractivity contribution in [2.75, 3.05) is 0 Å². The maximum atomic E-state index is 13.7. The molecule has 1 N–H and O–H groups in total. The molecule has 0 radical (unpaired) electrons. The third kappa shape index (κ3) is 3.70. The van der Waals surface area contributed by atoms with Crippen LogP contribution in [0.4, 0.5) is 22.0 Å². The van der Waals surface area contributed by atoms with Crippen LogP contribution < -0.4 is 0 Å². The Morgan fingerprint density at radius 2 is 1.76 bits per heavy atom. The highest BCUT2D eigenvalue weighted by Crippen LogP contribution is 2.30. The summed E-state index contributed by atoms with van der Waals surface area (Å²) in [5.74, 6) is -1.63. The maximum Gasteiger partial charge on any atom is 0.416 e. The first-order chi connectivity index (χ1) is 11.7. The van der Waals surface area contributed by atoms with E-state index in [4.69, 9.17) is 0 Å². The molecule has 7 heteroatoms. The SMILES string of the molecule is O=C(CCc1cc(C(F)(F)F)ccc1F)c1cc2cc(F)ccc2[nH]1. The van der Waals surface area contributed by atoms with Gasteiger partial charge in [0.15, 0.2) is 5.78 Å². The molecule has 0 unspecified atom stereocenters. The van der Waals surface area contributed by atoms with Crippen LogP contribution in [0, 0.1) is 11.6 Å². The predicted molar refractivity (Wildman–Crippen MR) is 82.3 cm³/mol. The van der Waals surface area contributed by atoms with E-state index in [1.807, 2.05) is 0 Å². The molecular formula is C18H12F5NO. The summed E-state index contributed by atoms with van der Waals surface area (Å²) in [5.41, 5.74) is -0.370. The number of carbonyl (C=O) groups is 1. The molecular weight excluding hydrogens is 341 g/mol. The maximum absolute atomic E-state index is 13.7. The van der Waals surface area contributed by atoms with Crippen LogP contribution in [0.1, 0.15) is 28.0 Å². The Hall–Kier alpha value is -2.70. The molecule has 2 nitrogen and oxygen atoms in total. The van der Waals surface area contributed by atoms with Gasteiger partial charge in [0.2, 0.25) is 0 Å². The number of carbonyl (C=O) groups excluding carboxylic acids is 1. The van der Waals surface area contributed by atoms with Crippen LogP contribution in [-0.2, 0) is 12.6 Å². The zero-order valence-corrected chi connectivity index (χ0v) is 12.8. The van der Waals surface area contributed by atoms with E-state index in [9.17, 15) is 26.7 Å². The van der Waals surface area contributed by atoms with Crippen LogP contribution in [0.25, 0.3) is 10.9 Å². The van der Waals surface area contributed by atoms with Gasteiger partial charge in [-0.3, -0.25) is 4.79 Å². The molecule has 1 aromatic heterocycles. The van der Waals surface area contributed by atoms with Crippen molar-refractivity contribution in [1.82, 2.24) is 4.98 Å². The summed E-state index contributed by atoms with van der Waals surface area (Å²) in [6.45, 7) is 0. The van der Waals surface area contributed by atoms with Crippen LogP contribution >= 0.6 is 0 Å². The summed E-state index contributed by atoms with van der Waals surface area (Å²) in [6.07, 6.45) is -4.92. The molecule has 3 aromatic rings. The second kappa shape index (κ2) is 6.31. The van der Waals surface area contributed by atoms with E-state index in [1.165, 1.54) is 24.3 Å². The largest absolute Gasteiger partial charge is 0.416 e. The minimum absolute atomic E-state index is 0.168. The lowest BCUT2D eigenvalue weighted by atomic mass is 10.0. The zero-order valence-electron chi connectivity index (χ0n) is 12.8.